The Balaban J connectivity index is 1.85. The van der Waals surface area contributed by atoms with Gasteiger partial charge in [0.05, 0.1) is 5.70 Å². The number of aliphatic carboxylic acids is 1. The lowest BCUT2D eigenvalue weighted by atomic mass is 9.93. The topological polar surface area (TPSA) is 72.8 Å². The van der Waals surface area contributed by atoms with E-state index < -0.39 is 5.97 Å². The largest absolute Gasteiger partial charge is 0.508 e. The first kappa shape index (κ1) is 17.0. The van der Waals surface area contributed by atoms with Gasteiger partial charge in [0, 0.05) is 11.3 Å². The Kier molecular flexibility index (Phi) is 4.15. The van der Waals surface area contributed by atoms with Crippen molar-refractivity contribution in [2.24, 2.45) is 5.92 Å². The van der Waals surface area contributed by atoms with Gasteiger partial charge in [-0.3, -0.25) is 0 Å². The number of hydrogen-bond acceptors (Lipinski definition) is 5. The molecule has 5 nitrogen and oxygen atoms in total. The number of thiophene rings is 1. The summed E-state index contributed by atoms with van der Waals surface area (Å²) in [7, 11) is 0. The first-order chi connectivity index (χ1) is 12.5. The maximum Gasteiger partial charge on any atom is 0.353 e. The summed E-state index contributed by atoms with van der Waals surface area (Å²) in [6.07, 6.45) is 1.93. The van der Waals surface area contributed by atoms with Crippen molar-refractivity contribution in [3.05, 3.63) is 57.0 Å². The zero-order valence-electron chi connectivity index (χ0n) is 14.8. The van der Waals surface area contributed by atoms with Crippen molar-refractivity contribution < 1.29 is 15.0 Å². The number of carboxylic acids is 1. The van der Waals surface area contributed by atoms with Gasteiger partial charge < -0.3 is 20.4 Å². The molecule has 3 heterocycles. The maximum atomic E-state index is 11.8. The van der Waals surface area contributed by atoms with E-state index >= 15 is 0 Å². The molecule has 0 fully saturated rings. The van der Waals surface area contributed by atoms with Crippen LogP contribution in [0.4, 0.5) is 5.69 Å². The molecule has 1 aromatic carbocycles. The second kappa shape index (κ2) is 6.36. The predicted molar refractivity (Wildman–Crippen MR) is 102 cm³/mol. The Morgan fingerprint density at radius 2 is 2.19 bits per heavy atom. The molecule has 1 unspecified atom stereocenters. The molecule has 6 heteroatoms. The molecule has 2 aliphatic heterocycles. The fourth-order valence-corrected chi connectivity index (χ4v) is 4.56. The zero-order chi connectivity index (χ0) is 18.4. The van der Waals surface area contributed by atoms with Crippen LogP contribution in [0.1, 0.15) is 43.1 Å². The van der Waals surface area contributed by atoms with E-state index in [0.717, 1.165) is 40.9 Å². The minimum atomic E-state index is -0.924. The quantitative estimate of drug-likeness (QED) is 0.759. The third kappa shape index (κ3) is 2.74. The van der Waals surface area contributed by atoms with E-state index in [0.29, 0.717) is 18.1 Å². The van der Waals surface area contributed by atoms with Crippen molar-refractivity contribution in [2.45, 2.75) is 39.3 Å². The van der Waals surface area contributed by atoms with Crippen molar-refractivity contribution >= 4 is 23.0 Å². The van der Waals surface area contributed by atoms with Crippen LogP contribution in [0.2, 0.25) is 0 Å². The minimum Gasteiger partial charge on any atom is -0.508 e. The molecule has 1 atom stereocenters. The molecule has 1 aromatic heterocycles. The van der Waals surface area contributed by atoms with Crippen LogP contribution >= 0.6 is 11.3 Å². The monoisotopic (exact) mass is 370 g/mol. The number of rotatable bonds is 4. The van der Waals surface area contributed by atoms with Crippen molar-refractivity contribution in [1.82, 2.24) is 5.32 Å². The number of allylic oxidation sites excluding steroid dienone is 1. The fraction of sp³-hybridized carbons (Fsp3) is 0.350. The molecule has 0 amide bonds. The number of carboxylic acid groups (broad SMARTS) is 1. The lowest BCUT2D eigenvalue weighted by Crippen LogP contribution is -2.32. The van der Waals surface area contributed by atoms with Crippen molar-refractivity contribution in [2.75, 3.05) is 4.90 Å². The predicted octanol–water partition coefficient (Wildman–Crippen LogP) is 4.00. The van der Waals surface area contributed by atoms with Crippen molar-refractivity contribution in [1.29, 1.82) is 0 Å². The van der Waals surface area contributed by atoms with Crippen LogP contribution in [0, 0.1) is 5.92 Å². The number of aryl methyl sites for hydroxylation is 1. The van der Waals surface area contributed by atoms with E-state index in [9.17, 15) is 15.0 Å². The average molecular weight is 370 g/mol. The summed E-state index contributed by atoms with van der Waals surface area (Å²) in [4.78, 5) is 13.9. The number of anilines is 1. The molecular formula is C20H22N2O3S. The van der Waals surface area contributed by atoms with Gasteiger partial charge in [0.15, 0.2) is 0 Å². The standard InChI is InChI=1S/C20H22N2O3S/c1-11(2)7-14-8-16-12(9-17(14)23)3-4-15-18(20(24)25)21-19(22(15)16)13-5-6-26-10-13/h5-6,8-11,19,21,23H,3-4,7H2,1-2H3,(H,24,25). The fourth-order valence-electron chi connectivity index (χ4n) is 3.88. The van der Waals surface area contributed by atoms with Gasteiger partial charge in [0.2, 0.25) is 0 Å². The second-order valence-corrected chi connectivity index (χ2v) is 8.09. The summed E-state index contributed by atoms with van der Waals surface area (Å²) in [5, 5.41) is 27.3. The smallest absolute Gasteiger partial charge is 0.353 e. The van der Waals surface area contributed by atoms with Crippen LogP contribution in [-0.2, 0) is 17.6 Å². The molecule has 26 heavy (non-hydrogen) atoms. The number of nitrogens with zero attached hydrogens (tertiary/aromatic N) is 1. The molecular weight excluding hydrogens is 348 g/mol. The van der Waals surface area contributed by atoms with Gasteiger partial charge in [0.1, 0.15) is 17.6 Å². The van der Waals surface area contributed by atoms with E-state index in [1.165, 1.54) is 0 Å². The zero-order valence-corrected chi connectivity index (χ0v) is 15.6. The van der Waals surface area contributed by atoms with E-state index in [1.807, 2.05) is 29.0 Å². The van der Waals surface area contributed by atoms with Crippen LogP contribution in [0.3, 0.4) is 0 Å². The number of carbonyl (C=O) groups is 1. The Morgan fingerprint density at radius 1 is 1.38 bits per heavy atom. The summed E-state index contributed by atoms with van der Waals surface area (Å²) >= 11 is 1.60. The molecule has 2 aliphatic rings. The Morgan fingerprint density at radius 3 is 2.85 bits per heavy atom. The van der Waals surface area contributed by atoms with E-state index in [1.54, 1.807) is 11.3 Å². The lowest BCUT2D eigenvalue weighted by molar-refractivity contribution is -0.133. The molecule has 0 saturated carbocycles. The number of nitrogens with one attached hydrogen (secondary N) is 1. The third-order valence-electron chi connectivity index (χ3n) is 4.99. The highest BCUT2D eigenvalue weighted by molar-refractivity contribution is 7.08. The molecule has 0 bridgehead atoms. The number of phenolic OH excluding ortho intramolecular Hbond substituents is 1. The minimum absolute atomic E-state index is 0.224. The SMILES string of the molecule is CC(C)Cc1cc2c(cc1O)CCC1=C(C(=O)O)NC(c3ccsc3)N12. The number of benzene rings is 1. The van der Waals surface area contributed by atoms with E-state index in [-0.39, 0.29) is 11.9 Å². The molecule has 136 valence electrons. The first-order valence-electron chi connectivity index (χ1n) is 8.84. The maximum absolute atomic E-state index is 11.8. The second-order valence-electron chi connectivity index (χ2n) is 7.31. The van der Waals surface area contributed by atoms with Crippen LogP contribution in [0.25, 0.3) is 0 Å². The van der Waals surface area contributed by atoms with Gasteiger partial charge in [-0.25, -0.2) is 4.79 Å². The number of phenols is 1. The van der Waals surface area contributed by atoms with Crippen LogP contribution in [0.5, 0.6) is 5.75 Å². The van der Waals surface area contributed by atoms with Gasteiger partial charge in [-0.2, -0.15) is 11.3 Å². The van der Waals surface area contributed by atoms with Gasteiger partial charge in [0.25, 0.3) is 0 Å². The van der Waals surface area contributed by atoms with Gasteiger partial charge in [-0.1, -0.05) is 13.8 Å². The Hall–Kier alpha value is -2.47. The molecule has 3 N–H and O–H groups in total. The van der Waals surface area contributed by atoms with Gasteiger partial charge in [-0.15, -0.1) is 0 Å². The van der Waals surface area contributed by atoms with Gasteiger partial charge in [-0.05, 0) is 65.3 Å². The van der Waals surface area contributed by atoms with Gasteiger partial charge >= 0.3 is 5.97 Å². The number of hydrogen-bond donors (Lipinski definition) is 3. The van der Waals surface area contributed by atoms with E-state index in [2.05, 4.69) is 24.1 Å². The average Bonchev–Trinajstić information content (AvgIpc) is 3.21. The summed E-state index contributed by atoms with van der Waals surface area (Å²) in [6.45, 7) is 4.25. The molecule has 4 rings (SSSR count). The Bertz CT molecular complexity index is 887. The van der Waals surface area contributed by atoms with Crippen molar-refractivity contribution in [3.8, 4) is 5.75 Å². The van der Waals surface area contributed by atoms with Crippen LogP contribution in [-0.4, -0.2) is 16.2 Å². The van der Waals surface area contributed by atoms with Crippen molar-refractivity contribution in [3.63, 3.8) is 0 Å². The summed E-state index contributed by atoms with van der Waals surface area (Å²) in [6, 6.07) is 5.91. The summed E-state index contributed by atoms with van der Waals surface area (Å²) in [5.74, 6) is -0.161. The summed E-state index contributed by atoms with van der Waals surface area (Å²) < 4.78 is 0. The molecule has 2 aromatic rings. The normalized spacial score (nSPS) is 18.7. The first-order valence-corrected chi connectivity index (χ1v) is 9.79. The number of fused-ring (bicyclic) bond motifs is 3. The highest BCUT2D eigenvalue weighted by Gasteiger charge is 2.39. The van der Waals surface area contributed by atoms with Crippen LogP contribution in [0.15, 0.2) is 40.4 Å². The Labute approximate surface area is 156 Å². The van der Waals surface area contributed by atoms with E-state index in [4.69, 9.17) is 0 Å². The summed E-state index contributed by atoms with van der Waals surface area (Å²) in [5.41, 5.74) is 5.13. The highest BCUT2D eigenvalue weighted by atomic mass is 32.1. The third-order valence-corrected chi connectivity index (χ3v) is 5.69. The molecule has 0 aliphatic carbocycles. The molecule has 0 saturated heterocycles. The van der Waals surface area contributed by atoms with Crippen LogP contribution < -0.4 is 10.2 Å². The molecule has 0 spiro atoms. The number of aromatic hydroxyl groups is 1. The highest BCUT2D eigenvalue weighted by Crippen LogP contribution is 2.45. The molecule has 0 radical (unpaired) electrons. The lowest BCUT2D eigenvalue weighted by Gasteiger charge is -2.34.